The second kappa shape index (κ2) is 4.93. The quantitative estimate of drug-likeness (QED) is 0.678. The smallest absolute Gasteiger partial charge is 0.0950 e. The number of aliphatic hydroxyl groups is 1. The van der Waals surface area contributed by atoms with Crippen molar-refractivity contribution in [2.45, 2.75) is 39.3 Å². The minimum Gasteiger partial charge on any atom is -0.390 e. The Kier molecular flexibility index (Phi) is 3.80. The van der Waals surface area contributed by atoms with Gasteiger partial charge in [0.1, 0.15) is 0 Å². The lowest BCUT2D eigenvalue weighted by molar-refractivity contribution is 0.277. The lowest BCUT2D eigenvalue weighted by Crippen LogP contribution is -1.93. The van der Waals surface area contributed by atoms with Crippen molar-refractivity contribution in [2.24, 2.45) is 0 Å². The summed E-state index contributed by atoms with van der Waals surface area (Å²) in [5.74, 6) is 0. The van der Waals surface area contributed by atoms with Crippen LogP contribution in [0.4, 0.5) is 0 Å². The van der Waals surface area contributed by atoms with Crippen LogP contribution in [0.1, 0.15) is 31.9 Å². The molecule has 0 saturated carbocycles. The van der Waals surface area contributed by atoms with Crippen LogP contribution in [0.15, 0.2) is 12.5 Å². The first kappa shape index (κ1) is 9.26. The first-order valence-corrected chi connectivity index (χ1v) is 4.48. The molecule has 0 aliphatic rings. The van der Waals surface area contributed by atoms with Gasteiger partial charge in [-0.15, -0.1) is 0 Å². The Morgan fingerprint density at radius 1 is 1.50 bits per heavy atom. The summed E-state index contributed by atoms with van der Waals surface area (Å²) < 4.78 is 2.03. The molecule has 1 aromatic rings. The molecule has 0 saturated heterocycles. The van der Waals surface area contributed by atoms with Gasteiger partial charge in [0.15, 0.2) is 0 Å². The number of nitrogens with zero attached hydrogens (tertiary/aromatic N) is 2. The first-order valence-electron chi connectivity index (χ1n) is 4.48. The molecular weight excluding hydrogens is 152 g/mol. The summed E-state index contributed by atoms with van der Waals surface area (Å²) in [6, 6.07) is 0. The predicted octanol–water partition coefficient (Wildman–Crippen LogP) is 1.57. The molecule has 0 radical (unpaired) electrons. The molecule has 1 N–H and O–H groups in total. The molecule has 0 amide bonds. The summed E-state index contributed by atoms with van der Waals surface area (Å²) >= 11 is 0. The molecule has 0 aliphatic carbocycles. The fourth-order valence-electron chi connectivity index (χ4n) is 1.15. The topological polar surface area (TPSA) is 38.0 Å². The lowest BCUT2D eigenvalue weighted by atomic mass is 10.2. The Labute approximate surface area is 73.1 Å². The third kappa shape index (κ3) is 2.66. The van der Waals surface area contributed by atoms with E-state index in [9.17, 15) is 0 Å². The van der Waals surface area contributed by atoms with Crippen molar-refractivity contribution in [1.29, 1.82) is 0 Å². The summed E-state index contributed by atoms with van der Waals surface area (Å²) in [6.45, 7) is 3.24. The Balaban J connectivity index is 2.31. The van der Waals surface area contributed by atoms with Crippen LogP contribution in [-0.2, 0) is 13.2 Å². The molecule has 0 aromatic carbocycles. The van der Waals surface area contributed by atoms with Gasteiger partial charge in [-0.1, -0.05) is 19.8 Å². The van der Waals surface area contributed by atoms with Crippen LogP contribution in [0.3, 0.4) is 0 Å². The van der Waals surface area contributed by atoms with Crippen molar-refractivity contribution >= 4 is 0 Å². The van der Waals surface area contributed by atoms with Crippen molar-refractivity contribution in [3.63, 3.8) is 0 Å². The van der Waals surface area contributed by atoms with Crippen molar-refractivity contribution in [2.75, 3.05) is 0 Å². The molecule has 0 bridgehead atoms. The number of hydrogen-bond donors (Lipinski definition) is 1. The van der Waals surface area contributed by atoms with E-state index < -0.39 is 0 Å². The Morgan fingerprint density at radius 2 is 2.33 bits per heavy atom. The fourth-order valence-corrected chi connectivity index (χ4v) is 1.15. The van der Waals surface area contributed by atoms with E-state index >= 15 is 0 Å². The van der Waals surface area contributed by atoms with Crippen molar-refractivity contribution < 1.29 is 5.11 Å². The minimum absolute atomic E-state index is 0.0424. The van der Waals surface area contributed by atoms with E-state index in [1.165, 1.54) is 19.3 Å². The average Bonchev–Trinajstić information content (AvgIpc) is 2.53. The number of unbranched alkanes of at least 4 members (excludes halogenated alkanes) is 2. The van der Waals surface area contributed by atoms with Gasteiger partial charge in [-0.25, -0.2) is 4.98 Å². The first-order chi connectivity index (χ1) is 5.86. The Bertz CT molecular complexity index is 220. The highest BCUT2D eigenvalue weighted by atomic mass is 16.3. The van der Waals surface area contributed by atoms with Gasteiger partial charge >= 0.3 is 0 Å². The zero-order chi connectivity index (χ0) is 8.81. The normalized spacial score (nSPS) is 10.5. The average molecular weight is 168 g/mol. The highest BCUT2D eigenvalue weighted by Crippen LogP contribution is 2.00. The van der Waals surface area contributed by atoms with Crippen LogP contribution in [0.5, 0.6) is 0 Å². The Hall–Kier alpha value is -0.830. The zero-order valence-electron chi connectivity index (χ0n) is 7.53. The van der Waals surface area contributed by atoms with Crippen LogP contribution < -0.4 is 0 Å². The minimum atomic E-state index is 0.0424. The molecule has 3 nitrogen and oxygen atoms in total. The summed E-state index contributed by atoms with van der Waals surface area (Å²) in [5.41, 5.74) is 0.756. The standard InChI is InChI=1S/C9H16N2O/c1-2-3-4-5-11-6-9(7-12)10-8-11/h6,8,12H,2-5,7H2,1H3. The van der Waals surface area contributed by atoms with Gasteiger partial charge in [0.25, 0.3) is 0 Å². The summed E-state index contributed by atoms with van der Waals surface area (Å²) in [7, 11) is 0. The molecule has 68 valence electrons. The van der Waals surface area contributed by atoms with Crippen LogP contribution in [0.2, 0.25) is 0 Å². The highest BCUT2D eigenvalue weighted by molar-refractivity contribution is 4.93. The van der Waals surface area contributed by atoms with Crippen LogP contribution in [0.25, 0.3) is 0 Å². The van der Waals surface area contributed by atoms with Crippen molar-refractivity contribution in [1.82, 2.24) is 9.55 Å². The van der Waals surface area contributed by atoms with E-state index in [0.29, 0.717) is 0 Å². The highest BCUT2D eigenvalue weighted by Gasteiger charge is 1.95. The van der Waals surface area contributed by atoms with Crippen molar-refractivity contribution in [3.8, 4) is 0 Å². The largest absolute Gasteiger partial charge is 0.390 e. The SMILES string of the molecule is CCCCCn1cnc(CO)c1. The monoisotopic (exact) mass is 168 g/mol. The number of aryl methyl sites for hydroxylation is 1. The molecule has 12 heavy (non-hydrogen) atoms. The number of imidazole rings is 1. The zero-order valence-corrected chi connectivity index (χ0v) is 7.53. The second-order valence-corrected chi connectivity index (χ2v) is 2.97. The van der Waals surface area contributed by atoms with Gasteiger partial charge in [-0.3, -0.25) is 0 Å². The molecule has 1 rings (SSSR count). The molecule has 1 heterocycles. The summed E-state index contributed by atoms with van der Waals surface area (Å²) in [4.78, 5) is 4.03. The molecule has 0 unspecified atom stereocenters. The van der Waals surface area contributed by atoms with Gasteiger partial charge in [0.2, 0.25) is 0 Å². The molecule has 0 fully saturated rings. The third-order valence-corrected chi connectivity index (χ3v) is 1.87. The summed E-state index contributed by atoms with van der Waals surface area (Å²) in [5, 5.41) is 8.75. The van der Waals surface area contributed by atoms with Crippen molar-refractivity contribution in [3.05, 3.63) is 18.2 Å². The van der Waals surface area contributed by atoms with Gasteiger partial charge in [0.05, 0.1) is 18.6 Å². The van der Waals surface area contributed by atoms with E-state index in [1.54, 1.807) is 6.33 Å². The predicted molar refractivity (Wildman–Crippen MR) is 47.7 cm³/mol. The van der Waals surface area contributed by atoms with Crippen LogP contribution in [-0.4, -0.2) is 14.7 Å². The Morgan fingerprint density at radius 3 is 2.92 bits per heavy atom. The van der Waals surface area contributed by atoms with E-state index in [4.69, 9.17) is 5.11 Å². The van der Waals surface area contributed by atoms with E-state index in [-0.39, 0.29) is 6.61 Å². The van der Waals surface area contributed by atoms with E-state index in [0.717, 1.165) is 12.2 Å². The molecule has 3 heteroatoms. The van der Waals surface area contributed by atoms with Gasteiger partial charge in [0, 0.05) is 12.7 Å². The van der Waals surface area contributed by atoms with Gasteiger partial charge in [-0.2, -0.15) is 0 Å². The molecule has 1 aromatic heterocycles. The maximum atomic E-state index is 8.75. The third-order valence-electron chi connectivity index (χ3n) is 1.87. The molecular formula is C9H16N2O. The number of hydrogen-bond acceptors (Lipinski definition) is 2. The number of rotatable bonds is 5. The van der Waals surface area contributed by atoms with Crippen LogP contribution in [0, 0.1) is 0 Å². The lowest BCUT2D eigenvalue weighted by Gasteiger charge is -1.98. The fraction of sp³-hybridized carbons (Fsp3) is 0.667. The van der Waals surface area contributed by atoms with Crippen LogP contribution >= 0.6 is 0 Å². The van der Waals surface area contributed by atoms with Gasteiger partial charge in [-0.05, 0) is 6.42 Å². The molecule has 0 aliphatic heterocycles. The van der Waals surface area contributed by atoms with E-state index in [2.05, 4.69) is 11.9 Å². The number of aliphatic hydroxyl groups excluding tert-OH is 1. The molecule has 0 spiro atoms. The van der Waals surface area contributed by atoms with Gasteiger partial charge < -0.3 is 9.67 Å². The maximum absolute atomic E-state index is 8.75. The maximum Gasteiger partial charge on any atom is 0.0950 e. The number of aromatic nitrogens is 2. The summed E-state index contributed by atoms with van der Waals surface area (Å²) in [6.07, 6.45) is 7.36. The van der Waals surface area contributed by atoms with E-state index in [1.807, 2.05) is 10.8 Å². The second-order valence-electron chi connectivity index (χ2n) is 2.97. The molecule has 0 atom stereocenters.